The summed E-state index contributed by atoms with van der Waals surface area (Å²) in [7, 11) is 0. The molecule has 23 heavy (non-hydrogen) atoms. The van der Waals surface area contributed by atoms with E-state index in [1.807, 2.05) is 19.1 Å². The van der Waals surface area contributed by atoms with Gasteiger partial charge >= 0.3 is 5.97 Å². The molecule has 0 amide bonds. The molecule has 2 atom stereocenters. The fourth-order valence-corrected chi connectivity index (χ4v) is 4.02. The molecular weight excluding hydrogens is 308 g/mol. The number of fused-ring (bicyclic) bond motifs is 3. The largest absolute Gasteiger partial charge is 0.465 e. The van der Waals surface area contributed by atoms with Crippen molar-refractivity contribution < 1.29 is 9.53 Å². The quantitative estimate of drug-likeness (QED) is 0.725. The lowest BCUT2D eigenvalue weighted by Crippen LogP contribution is -2.45. The van der Waals surface area contributed by atoms with Gasteiger partial charge in [0.15, 0.2) is 0 Å². The number of aromatic nitrogens is 1. The van der Waals surface area contributed by atoms with Gasteiger partial charge in [-0.2, -0.15) is 11.3 Å². The Morgan fingerprint density at radius 3 is 3.00 bits per heavy atom. The first-order valence-corrected chi connectivity index (χ1v) is 8.76. The maximum absolute atomic E-state index is 12.3. The van der Waals surface area contributed by atoms with E-state index >= 15 is 0 Å². The van der Waals surface area contributed by atoms with Crippen molar-refractivity contribution in [1.82, 2.24) is 10.3 Å². The minimum atomic E-state index is -0.313. The second-order valence-corrected chi connectivity index (χ2v) is 6.51. The predicted molar refractivity (Wildman–Crippen MR) is 91.7 cm³/mol. The summed E-state index contributed by atoms with van der Waals surface area (Å²) in [5.74, 6) is -0.177. The van der Waals surface area contributed by atoms with Gasteiger partial charge in [0.25, 0.3) is 0 Å². The summed E-state index contributed by atoms with van der Waals surface area (Å²) in [6.45, 7) is 2.25. The van der Waals surface area contributed by atoms with Crippen LogP contribution in [0, 0.1) is 0 Å². The Morgan fingerprint density at radius 1 is 1.35 bits per heavy atom. The minimum absolute atomic E-state index is 0.00759. The van der Waals surface area contributed by atoms with E-state index in [1.54, 1.807) is 11.3 Å². The van der Waals surface area contributed by atoms with Gasteiger partial charge in [-0.05, 0) is 40.9 Å². The molecule has 0 saturated carbocycles. The number of nitrogens with one attached hydrogen (secondary N) is 2. The van der Waals surface area contributed by atoms with Crippen LogP contribution >= 0.6 is 11.3 Å². The monoisotopic (exact) mass is 326 g/mol. The van der Waals surface area contributed by atoms with Crippen molar-refractivity contribution in [2.45, 2.75) is 25.4 Å². The van der Waals surface area contributed by atoms with Crippen LogP contribution in [0.15, 0.2) is 41.1 Å². The summed E-state index contributed by atoms with van der Waals surface area (Å²) in [5.41, 5.74) is 4.67. The highest BCUT2D eigenvalue weighted by atomic mass is 32.1. The van der Waals surface area contributed by atoms with Crippen molar-refractivity contribution in [2.75, 3.05) is 6.61 Å². The van der Waals surface area contributed by atoms with Crippen LogP contribution in [0.2, 0.25) is 0 Å². The van der Waals surface area contributed by atoms with E-state index in [9.17, 15) is 4.79 Å². The molecule has 2 aromatic heterocycles. The summed E-state index contributed by atoms with van der Waals surface area (Å²) >= 11 is 1.66. The van der Waals surface area contributed by atoms with Crippen LogP contribution in [-0.2, 0) is 16.0 Å². The van der Waals surface area contributed by atoms with Gasteiger partial charge in [-0.3, -0.25) is 10.1 Å². The van der Waals surface area contributed by atoms with Crippen LogP contribution in [0.25, 0.3) is 10.9 Å². The molecule has 0 spiro atoms. The average Bonchev–Trinajstić information content (AvgIpc) is 3.22. The number of para-hydroxylation sites is 1. The molecule has 0 saturated heterocycles. The van der Waals surface area contributed by atoms with E-state index in [-0.39, 0.29) is 18.1 Å². The number of hydrogen-bond donors (Lipinski definition) is 2. The van der Waals surface area contributed by atoms with E-state index in [4.69, 9.17) is 4.74 Å². The minimum Gasteiger partial charge on any atom is -0.465 e. The summed E-state index contributed by atoms with van der Waals surface area (Å²) in [6, 6.07) is 10.0. The third kappa shape index (κ3) is 2.46. The lowest BCUT2D eigenvalue weighted by atomic mass is 9.91. The number of aromatic amines is 1. The van der Waals surface area contributed by atoms with Gasteiger partial charge < -0.3 is 9.72 Å². The van der Waals surface area contributed by atoms with Gasteiger partial charge in [0, 0.05) is 23.0 Å². The zero-order valence-electron chi connectivity index (χ0n) is 12.8. The standard InChI is InChI=1S/C18H18N2O2S/c1-2-22-18(21)15-9-13-12-5-3-4-6-14(12)19-17(13)16(20-15)11-7-8-23-10-11/h3-8,10,15-16,19-20H,2,9H2,1H3/t15-,16+/m1/s1. The van der Waals surface area contributed by atoms with Crippen LogP contribution in [-0.4, -0.2) is 23.6 Å². The van der Waals surface area contributed by atoms with Crippen molar-refractivity contribution in [2.24, 2.45) is 0 Å². The van der Waals surface area contributed by atoms with Crippen molar-refractivity contribution in [3.63, 3.8) is 0 Å². The molecule has 1 aromatic carbocycles. The Morgan fingerprint density at radius 2 is 2.22 bits per heavy atom. The lowest BCUT2D eigenvalue weighted by Gasteiger charge is -2.29. The molecule has 5 heteroatoms. The molecule has 4 rings (SSSR count). The van der Waals surface area contributed by atoms with Crippen LogP contribution < -0.4 is 5.32 Å². The van der Waals surface area contributed by atoms with Gasteiger partial charge in [0.2, 0.25) is 0 Å². The highest BCUT2D eigenvalue weighted by molar-refractivity contribution is 7.08. The molecule has 1 aliphatic rings. The third-order valence-electron chi connectivity index (χ3n) is 4.36. The van der Waals surface area contributed by atoms with E-state index in [1.165, 1.54) is 16.5 Å². The average molecular weight is 326 g/mol. The molecule has 0 bridgehead atoms. The fraction of sp³-hybridized carbons (Fsp3) is 0.278. The van der Waals surface area contributed by atoms with Gasteiger partial charge in [-0.25, -0.2) is 0 Å². The number of esters is 1. The molecule has 4 nitrogen and oxygen atoms in total. The Kier molecular flexibility index (Phi) is 3.67. The molecule has 0 fully saturated rings. The third-order valence-corrected chi connectivity index (χ3v) is 5.06. The van der Waals surface area contributed by atoms with Crippen LogP contribution in [0.4, 0.5) is 0 Å². The zero-order valence-corrected chi connectivity index (χ0v) is 13.7. The van der Waals surface area contributed by atoms with Crippen LogP contribution in [0.3, 0.4) is 0 Å². The number of carbonyl (C=O) groups is 1. The zero-order chi connectivity index (χ0) is 15.8. The second kappa shape index (κ2) is 5.83. The smallest absolute Gasteiger partial charge is 0.323 e. The van der Waals surface area contributed by atoms with Crippen LogP contribution in [0.1, 0.15) is 29.8 Å². The number of thiophene rings is 1. The first kappa shape index (κ1) is 14.5. The molecule has 0 unspecified atom stereocenters. The van der Waals surface area contributed by atoms with Crippen molar-refractivity contribution >= 4 is 28.2 Å². The SMILES string of the molecule is CCOC(=O)[C@H]1Cc2c([nH]c3ccccc23)[C@H](c2ccsc2)N1. The van der Waals surface area contributed by atoms with Gasteiger partial charge in [-0.15, -0.1) is 0 Å². The van der Waals surface area contributed by atoms with E-state index in [0.29, 0.717) is 13.0 Å². The fourth-order valence-electron chi connectivity index (χ4n) is 3.33. The highest BCUT2D eigenvalue weighted by Gasteiger charge is 2.34. The van der Waals surface area contributed by atoms with E-state index in [2.05, 4.69) is 39.3 Å². The lowest BCUT2D eigenvalue weighted by molar-refractivity contribution is -0.146. The first-order valence-electron chi connectivity index (χ1n) is 7.82. The molecule has 3 aromatic rings. The van der Waals surface area contributed by atoms with Gasteiger partial charge in [0.1, 0.15) is 6.04 Å². The van der Waals surface area contributed by atoms with Gasteiger partial charge in [0.05, 0.1) is 12.6 Å². The number of H-pyrrole nitrogens is 1. The highest BCUT2D eigenvalue weighted by Crippen LogP contribution is 2.35. The number of carbonyl (C=O) groups excluding carboxylic acids is 1. The second-order valence-electron chi connectivity index (χ2n) is 5.73. The summed E-state index contributed by atoms with van der Waals surface area (Å²) < 4.78 is 5.24. The molecule has 0 radical (unpaired) electrons. The Labute approximate surface area is 138 Å². The maximum atomic E-state index is 12.3. The normalized spacial score (nSPS) is 20.4. The molecule has 0 aliphatic carbocycles. The molecular formula is C18H18N2O2S. The molecule has 3 heterocycles. The Hall–Kier alpha value is -2.11. The van der Waals surface area contributed by atoms with E-state index in [0.717, 1.165) is 11.2 Å². The van der Waals surface area contributed by atoms with Crippen molar-refractivity contribution in [3.8, 4) is 0 Å². The number of benzene rings is 1. The number of ether oxygens (including phenoxy) is 1. The van der Waals surface area contributed by atoms with Crippen molar-refractivity contribution in [1.29, 1.82) is 0 Å². The van der Waals surface area contributed by atoms with Crippen molar-refractivity contribution in [3.05, 3.63) is 57.9 Å². The summed E-state index contributed by atoms with van der Waals surface area (Å²) in [5, 5.41) is 8.84. The summed E-state index contributed by atoms with van der Waals surface area (Å²) in [4.78, 5) is 15.8. The topological polar surface area (TPSA) is 54.1 Å². The van der Waals surface area contributed by atoms with E-state index < -0.39 is 0 Å². The Bertz CT molecular complexity index is 838. The first-order chi connectivity index (χ1) is 11.3. The summed E-state index contributed by atoms with van der Waals surface area (Å²) in [6.07, 6.45) is 0.652. The maximum Gasteiger partial charge on any atom is 0.323 e. The number of rotatable bonds is 3. The number of hydrogen-bond acceptors (Lipinski definition) is 4. The van der Waals surface area contributed by atoms with Gasteiger partial charge in [-0.1, -0.05) is 18.2 Å². The molecule has 118 valence electrons. The molecule has 1 aliphatic heterocycles. The van der Waals surface area contributed by atoms with Crippen LogP contribution in [0.5, 0.6) is 0 Å². The predicted octanol–water partition coefficient (Wildman–Crippen LogP) is 3.40. The molecule has 2 N–H and O–H groups in total. The Balaban J connectivity index is 1.83.